The molecule has 1 aromatic carbocycles. The lowest BCUT2D eigenvalue weighted by Gasteiger charge is -2.49. The van der Waals surface area contributed by atoms with Crippen LogP contribution in [0.2, 0.25) is 0 Å². The van der Waals surface area contributed by atoms with Gasteiger partial charge in [-0.3, -0.25) is 0 Å². The van der Waals surface area contributed by atoms with E-state index in [0.717, 1.165) is 49.4 Å². The molecule has 3 heteroatoms. The third-order valence-electron chi connectivity index (χ3n) is 9.94. The average Bonchev–Trinajstić information content (AvgIpc) is 3.17. The van der Waals surface area contributed by atoms with Gasteiger partial charge in [0, 0.05) is 18.8 Å². The summed E-state index contributed by atoms with van der Waals surface area (Å²) in [4.78, 5) is 0. The van der Waals surface area contributed by atoms with Crippen molar-refractivity contribution in [3.63, 3.8) is 0 Å². The van der Waals surface area contributed by atoms with Gasteiger partial charge in [0.1, 0.15) is 5.75 Å². The van der Waals surface area contributed by atoms with Crippen LogP contribution in [0.4, 0.5) is 0 Å². The van der Waals surface area contributed by atoms with Crippen LogP contribution in [0.1, 0.15) is 106 Å². The molecule has 0 amide bonds. The molecule has 0 radical (unpaired) electrons. The lowest BCUT2D eigenvalue weighted by Crippen LogP contribution is -2.39. The predicted molar refractivity (Wildman–Crippen MR) is 122 cm³/mol. The van der Waals surface area contributed by atoms with Crippen LogP contribution < -0.4 is 0 Å². The summed E-state index contributed by atoms with van der Waals surface area (Å²) in [6.45, 7) is 4.40. The normalized spacial score (nSPS) is 42.5. The van der Waals surface area contributed by atoms with Gasteiger partial charge in [-0.2, -0.15) is 0 Å². The number of aryl methyl sites for hydroxylation is 1. The molecule has 6 rings (SSSR count). The van der Waals surface area contributed by atoms with Crippen molar-refractivity contribution in [1.29, 1.82) is 0 Å². The minimum absolute atomic E-state index is 0.0949. The zero-order valence-electron chi connectivity index (χ0n) is 19.3. The Labute approximate surface area is 187 Å². The number of hydrogen-bond acceptors (Lipinski definition) is 3. The molecule has 0 spiro atoms. The summed E-state index contributed by atoms with van der Waals surface area (Å²) in [7, 11) is 0. The van der Waals surface area contributed by atoms with Crippen LogP contribution in [0, 0.1) is 23.2 Å². The van der Waals surface area contributed by atoms with Crippen LogP contribution in [0.25, 0.3) is 0 Å². The summed E-state index contributed by atoms with van der Waals surface area (Å²) >= 11 is 0. The van der Waals surface area contributed by atoms with Crippen molar-refractivity contribution < 1.29 is 14.6 Å². The first kappa shape index (κ1) is 20.5. The zero-order chi connectivity index (χ0) is 21.0. The van der Waals surface area contributed by atoms with Gasteiger partial charge in [0.15, 0.2) is 0 Å². The van der Waals surface area contributed by atoms with Crippen molar-refractivity contribution in [3.05, 3.63) is 28.8 Å². The van der Waals surface area contributed by atoms with Gasteiger partial charge in [-0.15, -0.1) is 0 Å². The lowest BCUT2D eigenvalue weighted by molar-refractivity contribution is -0.0220. The Morgan fingerprint density at radius 3 is 2.55 bits per heavy atom. The van der Waals surface area contributed by atoms with Crippen LogP contribution in [0.3, 0.4) is 0 Å². The van der Waals surface area contributed by atoms with E-state index in [1.165, 1.54) is 75.3 Å². The molecule has 31 heavy (non-hydrogen) atoms. The van der Waals surface area contributed by atoms with Gasteiger partial charge in [-0.05, 0) is 129 Å². The van der Waals surface area contributed by atoms with Gasteiger partial charge in [0.05, 0.1) is 12.2 Å². The van der Waals surface area contributed by atoms with Crippen molar-refractivity contribution in [2.45, 2.75) is 102 Å². The highest BCUT2D eigenvalue weighted by atomic mass is 16.5. The summed E-state index contributed by atoms with van der Waals surface area (Å²) in [5.74, 6) is 3.52. The molecular weight excluding hydrogens is 384 g/mol. The van der Waals surface area contributed by atoms with Crippen molar-refractivity contribution in [2.75, 3.05) is 13.2 Å². The van der Waals surface area contributed by atoms with Gasteiger partial charge in [0.25, 0.3) is 0 Å². The van der Waals surface area contributed by atoms with Crippen LogP contribution in [-0.2, 0) is 15.9 Å². The van der Waals surface area contributed by atoms with Gasteiger partial charge < -0.3 is 14.6 Å². The second kappa shape index (κ2) is 8.06. The Hall–Kier alpha value is -1.06. The molecule has 2 saturated carbocycles. The number of fused-ring (bicyclic) bond motifs is 5. The highest BCUT2D eigenvalue weighted by molar-refractivity contribution is 5.46. The molecule has 5 aliphatic rings. The number of rotatable bonds is 2. The fourth-order valence-electron chi connectivity index (χ4n) is 8.41. The molecule has 3 aliphatic carbocycles. The minimum Gasteiger partial charge on any atom is -0.508 e. The quantitative estimate of drug-likeness (QED) is 0.576. The Bertz CT molecular complexity index is 807. The lowest BCUT2D eigenvalue weighted by atomic mass is 9.56. The van der Waals surface area contributed by atoms with E-state index < -0.39 is 0 Å². The van der Waals surface area contributed by atoms with E-state index in [0.29, 0.717) is 23.2 Å². The van der Waals surface area contributed by atoms with Crippen molar-refractivity contribution in [1.82, 2.24) is 0 Å². The number of aromatic hydroxyl groups is 1. The van der Waals surface area contributed by atoms with E-state index in [9.17, 15) is 5.11 Å². The summed E-state index contributed by atoms with van der Waals surface area (Å²) in [5.41, 5.74) is 4.51. The molecule has 1 aromatic rings. The molecule has 7 atom stereocenters. The third kappa shape index (κ3) is 3.55. The van der Waals surface area contributed by atoms with E-state index in [2.05, 4.69) is 19.1 Å². The molecule has 2 saturated heterocycles. The van der Waals surface area contributed by atoms with Crippen LogP contribution in [0.5, 0.6) is 5.75 Å². The first-order valence-corrected chi connectivity index (χ1v) is 13.2. The van der Waals surface area contributed by atoms with Crippen LogP contribution >= 0.6 is 0 Å². The first-order chi connectivity index (χ1) is 15.1. The van der Waals surface area contributed by atoms with Crippen molar-refractivity contribution >= 4 is 0 Å². The highest BCUT2D eigenvalue weighted by Gasteiger charge is 2.54. The number of phenolic OH excluding ortho intramolecular Hbond substituents is 1. The predicted octanol–water partition coefficient (Wildman–Crippen LogP) is 6.68. The smallest absolute Gasteiger partial charge is 0.121 e. The van der Waals surface area contributed by atoms with Crippen molar-refractivity contribution in [2.24, 2.45) is 23.2 Å². The standard InChI is InChI=1S/C28H40O3/c1-28-11-10-20-21(24(28)15-19(17-28)26-6-2-4-12-30-26)9-8-18-14-23(25(29)16-22(18)20)27-7-3-5-13-31-27/h14,16,19-21,24,26-27,29H,2-13,15,17H2,1H3/t19-,20-,21+,24-,26?,27?,28+/m0/s1. The fourth-order valence-corrected chi connectivity index (χ4v) is 8.41. The Balaban J connectivity index is 1.25. The van der Waals surface area contributed by atoms with E-state index in [1.54, 1.807) is 0 Å². The summed E-state index contributed by atoms with van der Waals surface area (Å²) in [6.07, 6.45) is 15.8. The number of phenols is 1. The SMILES string of the molecule is C[C@]12CC[C@@H]3c4cc(O)c(C5CCCCO5)cc4CC[C@H]3[C@@H]1C[C@H](C1CCCCO1)C2. The number of ether oxygens (including phenoxy) is 2. The minimum atomic E-state index is 0.0949. The number of hydrogen-bond donors (Lipinski definition) is 1. The van der Waals surface area contributed by atoms with E-state index >= 15 is 0 Å². The van der Waals surface area contributed by atoms with E-state index in [-0.39, 0.29) is 6.10 Å². The largest absolute Gasteiger partial charge is 0.508 e. The zero-order valence-corrected chi connectivity index (χ0v) is 19.3. The van der Waals surface area contributed by atoms with Gasteiger partial charge in [-0.1, -0.05) is 6.92 Å². The molecule has 3 nitrogen and oxygen atoms in total. The molecule has 0 aromatic heterocycles. The second-order valence-electron chi connectivity index (χ2n) is 11.7. The maximum absolute atomic E-state index is 11.0. The molecule has 2 heterocycles. The first-order valence-electron chi connectivity index (χ1n) is 13.2. The molecule has 1 N–H and O–H groups in total. The summed E-state index contributed by atoms with van der Waals surface area (Å²) in [6, 6.07) is 4.47. The summed E-state index contributed by atoms with van der Waals surface area (Å²) in [5, 5.41) is 11.0. The van der Waals surface area contributed by atoms with Crippen LogP contribution in [0.15, 0.2) is 12.1 Å². The van der Waals surface area contributed by atoms with Crippen molar-refractivity contribution in [3.8, 4) is 5.75 Å². The van der Waals surface area contributed by atoms with Gasteiger partial charge in [0.2, 0.25) is 0 Å². The van der Waals surface area contributed by atoms with Crippen LogP contribution in [-0.4, -0.2) is 24.4 Å². The number of benzene rings is 1. The van der Waals surface area contributed by atoms with E-state index in [4.69, 9.17) is 9.47 Å². The Morgan fingerprint density at radius 1 is 0.935 bits per heavy atom. The monoisotopic (exact) mass is 424 g/mol. The molecule has 2 unspecified atom stereocenters. The maximum Gasteiger partial charge on any atom is 0.121 e. The molecule has 170 valence electrons. The molecular formula is C28H40O3. The highest BCUT2D eigenvalue weighted by Crippen LogP contribution is 2.63. The molecule has 0 bridgehead atoms. The molecule has 2 aliphatic heterocycles. The maximum atomic E-state index is 11.0. The molecule has 4 fully saturated rings. The Morgan fingerprint density at radius 2 is 1.77 bits per heavy atom. The fraction of sp³-hybridized carbons (Fsp3) is 0.786. The Kier molecular flexibility index (Phi) is 5.34. The summed E-state index contributed by atoms with van der Waals surface area (Å²) < 4.78 is 12.3. The second-order valence-corrected chi connectivity index (χ2v) is 11.7. The van der Waals surface area contributed by atoms with Gasteiger partial charge >= 0.3 is 0 Å². The third-order valence-corrected chi connectivity index (χ3v) is 9.94. The topological polar surface area (TPSA) is 38.7 Å². The van der Waals surface area contributed by atoms with E-state index in [1.807, 2.05) is 0 Å². The van der Waals surface area contributed by atoms with Gasteiger partial charge in [-0.25, -0.2) is 0 Å². The average molecular weight is 425 g/mol.